The number of nitrogens with zero attached hydrogens (tertiary/aromatic N) is 1. The Morgan fingerprint density at radius 3 is 1.87 bits per heavy atom. The van der Waals surface area contributed by atoms with Crippen LogP contribution < -0.4 is 4.90 Å². The van der Waals surface area contributed by atoms with E-state index in [-0.39, 0.29) is 0 Å². The smallest absolute Gasteiger partial charge is 0.159 e. The van der Waals surface area contributed by atoms with Crippen LogP contribution >= 0.6 is 34.0 Å². The topological polar surface area (TPSA) is 16.4 Å². The molecule has 0 saturated carbocycles. The molecule has 0 saturated heterocycles. The third-order valence-electron chi connectivity index (χ3n) is 10.7. The molecule has 12 rings (SSSR count). The predicted molar refractivity (Wildman–Crippen MR) is 233 cm³/mol. The van der Waals surface area contributed by atoms with Crippen molar-refractivity contribution in [2.75, 3.05) is 4.90 Å². The molecule has 2 nitrogen and oxygen atoms in total. The highest BCUT2D eigenvalue weighted by molar-refractivity contribution is 7.30. The molecular weight excluding hydrogens is 703 g/mol. The molecule has 4 heterocycles. The van der Waals surface area contributed by atoms with Gasteiger partial charge in [-0.2, -0.15) is 0 Å². The van der Waals surface area contributed by atoms with Gasteiger partial charge in [-0.3, -0.25) is 0 Å². The zero-order chi connectivity index (χ0) is 34.6. The summed E-state index contributed by atoms with van der Waals surface area (Å²) in [7, 11) is 0. The average molecular weight is 730 g/mol. The van der Waals surface area contributed by atoms with Crippen LogP contribution in [0.5, 0.6) is 0 Å². The first-order valence-corrected chi connectivity index (χ1v) is 20.2. The highest BCUT2D eigenvalue weighted by atomic mass is 32.1. The number of anilines is 3. The minimum absolute atomic E-state index is 0.887. The van der Waals surface area contributed by atoms with E-state index in [4.69, 9.17) is 4.42 Å². The van der Waals surface area contributed by atoms with Crippen LogP contribution in [0.1, 0.15) is 0 Å². The van der Waals surface area contributed by atoms with E-state index in [1.165, 1.54) is 71.6 Å². The monoisotopic (exact) mass is 729 g/mol. The lowest BCUT2D eigenvalue weighted by Gasteiger charge is -2.26. The minimum atomic E-state index is 0.887. The van der Waals surface area contributed by atoms with Crippen LogP contribution in [0, 0.1) is 0 Å². The number of furan rings is 1. The number of para-hydroxylation sites is 2. The Hall–Kier alpha value is -5.98. The fourth-order valence-corrected chi connectivity index (χ4v) is 12.1. The molecule has 248 valence electrons. The van der Waals surface area contributed by atoms with Gasteiger partial charge in [-0.1, -0.05) is 115 Å². The Kier molecular flexibility index (Phi) is 6.28. The summed E-state index contributed by atoms with van der Waals surface area (Å²) in [5, 5.41) is 10.2. The highest BCUT2D eigenvalue weighted by Crippen LogP contribution is 2.49. The second-order valence-corrected chi connectivity index (χ2v) is 16.7. The lowest BCUT2D eigenvalue weighted by molar-refractivity contribution is 0.669. The lowest BCUT2D eigenvalue weighted by atomic mass is 10.0. The van der Waals surface area contributed by atoms with Gasteiger partial charge >= 0.3 is 0 Å². The van der Waals surface area contributed by atoms with Gasteiger partial charge in [0.05, 0.1) is 16.1 Å². The van der Waals surface area contributed by atoms with Crippen molar-refractivity contribution in [1.29, 1.82) is 0 Å². The average Bonchev–Trinajstić information content (AvgIpc) is 3.98. The predicted octanol–water partition coefficient (Wildman–Crippen LogP) is 15.8. The SMILES string of the molecule is c1ccc2c(c1)oc1c(N(c3ccc(-c4cccc5c4sc4c5ccc5sc6ccccc6c54)cc3)c3cccc4c3sc3ccccc34)cccc12. The Morgan fingerprint density at radius 2 is 1.02 bits per heavy atom. The molecule has 0 amide bonds. The summed E-state index contributed by atoms with van der Waals surface area (Å²) in [4.78, 5) is 2.39. The molecule has 0 bridgehead atoms. The van der Waals surface area contributed by atoms with E-state index in [1.54, 1.807) is 0 Å². The van der Waals surface area contributed by atoms with Crippen LogP contribution in [0.25, 0.3) is 93.6 Å². The van der Waals surface area contributed by atoms with Crippen molar-refractivity contribution < 1.29 is 4.42 Å². The van der Waals surface area contributed by atoms with Gasteiger partial charge in [0.25, 0.3) is 0 Å². The molecule has 0 radical (unpaired) electrons. The molecule has 4 aromatic heterocycles. The molecule has 5 heteroatoms. The molecule has 8 aromatic carbocycles. The van der Waals surface area contributed by atoms with Gasteiger partial charge in [0.15, 0.2) is 5.58 Å². The number of rotatable bonds is 4. The second-order valence-electron chi connectivity index (χ2n) is 13.6. The summed E-state index contributed by atoms with van der Waals surface area (Å²) in [5.41, 5.74) is 7.51. The van der Waals surface area contributed by atoms with Crippen LogP contribution in [0.15, 0.2) is 168 Å². The Balaban J connectivity index is 1.06. The van der Waals surface area contributed by atoms with Crippen molar-refractivity contribution in [3.63, 3.8) is 0 Å². The first-order valence-electron chi connectivity index (χ1n) is 17.7. The molecule has 0 aliphatic heterocycles. The molecule has 0 atom stereocenters. The number of fused-ring (bicyclic) bond motifs is 13. The van der Waals surface area contributed by atoms with Crippen molar-refractivity contribution in [3.05, 3.63) is 164 Å². The Labute approximate surface area is 316 Å². The van der Waals surface area contributed by atoms with Crippen molar-refractivity contribution >= 4 is 134 Å². The molecule has 0 spiro atoms. The van der Waals surface area contributed by atoms with Gasteiger partial charge in [0.1, 0.15) is 5.58 Å². The van der Waals surface area contributed by atoms with Crippen LogP contribution in [-0.2, 0) is 0 Å². The van der Waals surface area contributed by atoms with Crippen molar-refractivity contribution in [2.45, 2.75) is 0 Å². The van der Waals surface area contributed by atoms with E-state index >= 15 is 0 Å². The molecule has 0 unspecified atom stereocenters. The van der Waals surface area contributed by atoms with Crippen molar-refractivity contribution in [3.8, 4) is 11.1 Å². The Bertz CT molecular complexity index is 3300. The summed E-state index contributed by atoms with van der Waals surface area (Å²) in [6.07, 6.45) is 0. The summed E-state index contributed by atoms with van der Waals surface area (Å²) in [5.74, 6) is 0. The van der Waals surface area contributed by atoms with Gasteiger partial charge in [-0.15, -0.1) is 34.0 Å². The van der Waals surface area contributed by atoms with Gasteiger partial charge in [-0.25, -0.2) is 0 Å². The zero-order valence-electron chi connectivity index (χ0n) is 28.2. The fourth-order valence-electron chi connectivity index (χ4n) is 8.31. The maximum Gasteiger partial charge on any atom is 0.159 e. The van der Waals surface area contributed by atoms with Crippen LogP contribution in [0.2, 0.25) is 0 Å². The van der Waals surface area contributed by atoms with E-state index < -0.39 is 0 Å². The van der Waals surface area contributed by atoms with Crippen LogP contribution in [0.4, 0.5) is 17.1 Å². The van der Waals surface area contributed by atoms with E-state index in [1.807, 2.05) is 40.1 Å². The molecule has 12 aromatic rings. The van der Waals surface area contributed by atoms with E-state index in [2.05, 4.69) is 163 Å². The van der Waals surface area contributed by atoms with E-state index in [9.17, 15) is 0 Å². The van der Waals surface area contributed by atoms with E-state index in [0.29, 0.717) is 0 Å². The van der Waals surface area contributed by atoms with Crippen LogP contribution in [-0.4, -0.2) is 0 Å². The molecule has 53 heavy (non-hydrogen) atoms. The second kappa shape index (κ2) is 11.3. The van der Waals surface area contributed by atoms with Crippen LogP contribution in [0.3, 0.4) is 0 Å². The molecule has 0 N–H and O–H groups in total. The standard InChI is InChI=1S/C48H27NOS3/c1-4-19-40-31(10-1)33-14-8-17-38(45(33)50-40)49(39-18-9-16-34-32-11-2-5-20-41(32)52-47(34)39)29-24-22-28(23-25-29)30-13-7-15-35-36-26-27-43-44(48(36)53-46(30)35)37-12-3-6-21-42(37)51-43/h1-27H. The maximum atomic E-state index is 6.66. The van der Waals surface area contributed by atoms with Crippen molar-refractivity contribution in [1.82, 2.24) is 0 Å². The van der Waals surface area contributed by atoms with Crippen molar-refractivity contribution in [2.24, 2.45) is 0 Å². The summed E-state index contributed by atoms with van der Waals surface area (Å²) >= 11 is 5.67. The largest absolute Gasteiger partial charge is 0.454 e. The lowest BCUT2D eigenvalue weighted by Crippen LogP contribution is -2.10. The first kappa shape index (κ1) is 29.6. The van der Waals surface area contributed by atoms with Gasteiger partial charge in [0, 0.05) is 72.3 Å². The normalized spacial score (nSPS) is 12.2. The molecule has 0 aliphatic carbocycles. The number of benzene rings is 8. The first-order chi connectivity index (χ1) is 26.3. The number of hydrogen-bond donors (Lipinski definition) is 0. The molecular formula is C48H27NOS3. The summed E-state index contributed by atoms with van der Waals surface area (Å²) in [6, 6.07) is 59.6. The van der Waals surface area contributed by atoms with E-state index in [0.717, 1.165) is 39.0 Å². The van der Waals surface area contributed by atoms with Gasteiger partial charge in [-0.05, 0) is 59.7 Å². The third-order valence-corrected chi connectivity index (χ3v) is 14.3. The van der Waals surface area contributed by atoms with Gasteiger partial charge < -0.3 is 9.32 Å². The van der Waals surface area contributed by atoms with Gasteiger partial charge in [0.2, 0.25) is 0 Å². The fraction of sp³-hybridized carbons (Fsp3) is 0. The zero-order valence-corrected chi connectivity index (χ0v) is 30.6. The Morgan fingerprint density at radius 1 is 0.377 bits per heavy atom. The highest BCUT2D eigenvalue weighted by Gasteiger charge is 2.23. The number of hydrogen-bond acceptors (Lipinski definition) is 5. The quantitative estimate of drug-likeness (QED) is 0.179. The molecule has 0 fully saturated rings. The summed E-state index contributed by atoms with van der Waals surface area (Å²) in [6.45, 7) is 0. The number of thiophene rings is 3. The minimum Gasteiger partial charge on any atom is -0.454 e. The maximum absolute atomic E-state index is 6.66. The molecule has 0 aliphatic rings. The third kappa shape index (κ3) is 4.30. The summed E-state index contributed by atoms with van der Waals surface area (Å²) < 4.78 is 14.6.